The van der Waals surface area contributed by atoms with Gasteiger partial charge in [0, 0.05) is 36.0 Å². The average Bonchev–Trinajstić information content (AvgIpc) is 3.76. The number of hydrogen-bond donors (Lipinski definition) is 6. The Labute approximate surface area is 371 Å². The first-order chi connectivity index (χ1) is 30.0. The van der Waals surface area contributed by atoms with Gasteiger partial charge in [-0.05, 0) is 70.6 Å². The van der Waals surface area contributed by atoms with E-state index in [1.165, 1.54) is 12.0 Å². The average molecular weight is 901 g/mol. The first-order valence-electron chi connectivity index (χ1n) is 20.1. The molecular formula is C44H57ClN4O14. The number of carboxylic acids is 3. The van der Waals surface area contributed by atoms with Gasteiger partial charge >= 0.3 is 35.8 Å². The molecule has 4 rings (SSSR count). The summed E-state index contributed by atoms with van der Waals surface area (Å²) in [7, 11) is 1.29. The van der Waals surface area contributed by atoms with Gasteiger partial charge in [0.25, 0.3) is 0 Å². The van der Waals surface area contributed by atoms with Gasteiger partial charge in [-0.25, -0.2) is 24.0 Å². The maximum Gasteiger partial charge on any atom is 0.336 e. The number of carbonyl (C=O) groups excluding carboxylic acids is 4. The zero-order valence-corrected chi connectivity index (χ0v) is 36.7. The smallest absolute Gasteiger partial charge is 0.336 e. The van der Waals surface area contributed by atoms with Gasteiger partial charge < -0.3 is 50.2 Å². The number of carboxylic acid groups (broad SMARTS) is 3. The molecule has 0 spiro atoms. The van der Waals surface area contributed by atoms with E-state index >= 15 is 0 Å². The minimum Gasteiger partial charge on any atom is -0.480 e. The van der Waals surface area contributed by atoms with E-state index in [2.05, 4.69) is 10.6 Å². The quantitative estimate of drug-likeness (QED) is 0.0509. The van der Waals surface area contributed by atoms with Crippen molar-refractivity contribution >= 4 is 53.3 Å². The number of esters is 3. The fourth-order valence-corrected chi connectivity index (χ4v) is 6.88. The first-order valence-corrected chi connectivity index (χ1v) is 20.5. The predicted molar refractivity (Wildman–Crippen MR) is 230 cm³/mol. The number of methoxy groups -OCH3 is 1. The molecule has 1 saturated heterocycles. The van der Waals surface area contributed by atoms with Gasteiger partial charge in [0.05, 0.1) is 62.3 Å². The first kappa shape index (κ1) is 53.1. The van der Waals surface area contributed by atoms with Crippen LogP contribution in [-0.4, -0.2) is 127 Å². The van der Waals surface area contributed by atoms with Gasteiger partial charge in [-0.1, -0.05) is 60.1 Å². The van der Waals surface area contributed by atoms with Crippen molar-refractivity contribution in [2.75, 3.05) is 46.6 Å². The van der Waals surface area contributed by atoms with E-state index in [9.17, 15) is 38.7 Å². The molecule has 1 amide bonds. The fourth-order valence-electron chi connectivity index (χ4n) is 6.64. The van der Waals surface area contributed by atoms with Crippen molar-refractivity contribution < 1.29 is 67.8 Å². The molecule has 1 unspecified atom stereocenters. The molecule has 2 aliphatic rings. The molecule has 2 heterocycles. The highest BCUT2D eigenvalue weighted by molar-refractivity contribution is 6.31. The Bertz CT molecular complexity index is 1970. The maximum atomic E-state index is 12.9. The lowest BCUT2D eigenvalue weighted by Crippen LogP contribution is -2.53. The number of allylic oxidation sites excluding steroid dienone is 1. The number of nitrogens with two attached hydrogens (primary N) is 1. The van der Waals surface area contributed by atoms with E-state index in [1.807, 2.05) is 30.3 Å². The number of hydrogen-bond acceptors (Lipinski definition) is 14. The lowest BCUT2D eigenvalue weighted by atomic mass is 9.80. The number of benzene rings is 2. The molecule has 0 aromatic heterocycles. The van der Waals surface area contributed by atoms with Gasteiger partial charge in [-0.3, -0.25) is 14.9 Å². The second-order valence-corrected chi connectivity index (χ2v) is 14.2. The number of dihydropyridines is 1. The summed E-state index contributed by atoms with van der Waals surface area (Å²) < 4.78 is 20.9. The third kappa shape index (κ3) is 17.0. The van der Waals surface area contributed by atoms with Crippen molar-refractivity contribution in [3.8, 4) is 0 Å². The Balaban J connectivity index is 0.000000370. The molecular weight excluding hydrogens is 844 g/mol. The molecule has 0 saturated carbocycles. The summed E-state index contributed by atoms with van der Waals surface area (Å²) in [6, 6.07) is 14.7. The molecule has 0 aliphatic carbocycles. The van der Waals surface area contributed by atoms with Gasteiger partial charge in [0.1, 0.15) is 12.1 Å². The lowest BCUT2D eigenvalue weighted by molar-refractivity contribution is -0.150. The minimum atomic E-state index is -1.26. The molecule has 7 N–H and O–H groups in total. The van der Waals surface area contributed by atoms with Crippen LogP contribution in [0.5, 0.6) is 0 Å². The number of likely N-dealkylation sites (tertiary alicyclic amines) is 1. The van der Waals surface area contributed by atoms with E-state index in [0.717, 1.165) is 5.56 Å². The molecule has 63 heavy (non-hydrogen) atoms. The number of nitrogens with one attached hydrogen (secondary N) is 2. The lowest BCUT2D eigenvalue weighted by Gasteiger charge is -2.31. The van der Waals surface area contributed by atoms with Crippen molar-refractivity contribution in [2.24, 2.45) is 5.73 Å². The predicted octanol–water partition coefficient (Wildman–Crippen LogP) is 3.58. The van der Waals surface area contributed by atoms with Crippen molar-refractivity contribution in [3.63, 3.8) is 0 Å². The monoisotopic (exact) mass is 900 g/mol. The Morgan fingerprint density at radius 2 is 1.54 bits per heavy atom. The van der Waals surface area contributed by atoms with Crippen molar-refractivity contribution in [3.05, 3.63) is 105 Å². The maximum absolute atomic E-state index is 12.9. The number of amides is 1. The zero-order chi connectivity index (χ0) is 47.1. The number of halogens is 1. The summed E-state index contributed by atoms with van der Waals surface area (Å²) >= 11 is 6.42. The highest BCUT2D eigenvalue weighted by atomic mass is 35.5. The fraction of sp³-hybridized carbons (Fsp3) is 0.432. The third-order valence-corrected chi connectivity index (χ3v) is 9.76. The molecule has 0 radical (unpaired) electrons. The largest absolute Gasteiger partial charge is 0.480 e. The zero-order valence-electron chi connectivity index (χ0n) is 36.0. The highest BCUT2D eigenvalue weighted by Gasteiger charge is 2.40. The SMILES string of the molecule is CCOC(=O)C1=C(COCCN)NC(C)=C(C(=O)OC)C1c1ccccc1Cl.CCOC(=O)[C@H](CCc1ccccc1)N[C@@H](C)C(=O)N1CCC[C@H]1C(=O)O.O=C(O)/C=C\C(=O)O. The van der Waals surface area contributed by atoms with E-state index in [4.69, 9.17) is 46.5 Å². The number of aryl methyl sites for hydroxylation is 1. The van der Waals surface area contributed by atoms with Crippen LogP contribution in [-0.2, 0) is 58.9 Å². The summed E-state index contributed by atoms with van der Waals surface area (Å²) in [6.45, 7) is 8.50. The summed E-state index contributed by atoms with van der Waals surface area (Å²) in [6.07, 6.45) is 3.40. The van der Waals surface area contributed by atoms with Crippen molar-refractivity contribution in [1.29, 1.82) is 0 Å². The Kier molecular flexibility index (Phi) is 23.4. The highest BCUT2D eigenvalue weighted by Crippen LogP contribution is 2.42. The number of aliphatic carboxylic acids is 3. The second kappa shape index (κ2) is 27.8. The number of ether oxygens (including phenoxy) is 4. The van der Waals surface area contributed by atoms with Crippen LogP contribution in [0.15, 0.2) is 89.3 Å². The van der Waals surface area contributed by atoms with Crippen LogP contribution in [0.3, 0.4) is 0 Å². The Hall–Kier alpha value is -6.08. The summed E-state index contributed by atoms with van der Waals surface area (Å²) in [5, 5.41) is 31.5. The Morgan fingerprint density at radius 1 is 0.921 bits per heavy atom. The van der Waals surface area contributed by atoms with Crippen LogP contribution in [0.2, 0.25) is 5.02 Å². The van der Waals surface area contributed by atoms with E-state index in [0.29, 0.717) is 85.1 Å². The van der Waals surface area contributed by atoms with E-state index in [-0.39, 0.29) is 31.3 Å². The van der Waals surface area contributed by atoms with Crippen molar-refractivity contribution in [2.45, 2.75) is 77.4 Å². The third-order valence-electron chi connectivity index (χ3n) is 9.42. The van der Waals surface area contributed by atoms with Gasteiger partial charge in [0.2, 0.25) is 5.91 Å². The van der Waals surface area contributed by atoms with Crippen LogP contribution in [0.25, 0.3) is 0 Å². The van der Waals surface area contributed by atoms with Crippen LogP contribution in [0.1, 0.15) is 64.0 Å². The standard InChI is InChI=1S/C20H25ClN2O5.C20H28N2O5.C4H4O4/c1-4-28-20(25)18-15(11-27-10-9-22)23-12(2)16(19(24)26-3)17(18)13-7-5-6-8-14(13)21;1-3-27-20(26)16(12-11-15-8-5-4-6-9-15)21-14(2)18(23)22-13-7-10-17(22)19(24)25;5-3(6)1-2-4(7)8/h5-8,17,23H,4,9-11,22H2,1-3H3;4-6,8-9,14,16-17,21H,3,7,10-13H2,1-2H3,(H,24,25);1-2H,(H,5,6)(H,7,8)/b;;2-1-/t;14-,16-,17-;/m.0./s1. The topological polar surface area (TPSA) is 270 Å². The van der Waals surface area contributed by atoms with Crippen molar-refractivity contribution in [1.82, 2.24) is 15.5 Å². The molecule has 2 aromatic carbocycles. The van der Waals surface area contributed by atoms with Gasteiger partial charge in [-0.15, -0.1) is 0 Å². The van der Waals surface area contributed by atoms with Crippen LogP contribution < -0.4 is 16.4 Å². The molecule has 344 valence electrons. The number of carbonyl (C=O) groups is 7. The molecule has 4 atom stereocenters. The van der Waals surface area contributed by atoms with Gasteiger partial charge in [0.15, 0.2) is 0 Å². The molecule has 18 nitrogen and oxygen atoms in total. The van der Waals surface area contributed by atoms with Crippen LogP contribution >= 0.6 is 11.6 Å². The molecule has 0 bridgehead atoms. The number of rotatable bonds is 19. The molecule has 2 aromatic rings. The molecule has 19 heteroatoms. The second-order valence-electron chi connectivity index (χ2n) is 13.8. The molecule has 2 aliphatic heterocycles. The van der Waals surface area contributed by atoms with Crippen LogP contribution in [0.4, 0.5) is 0 Å². The minimum absolute atomic E-state index is 0.109. The summed E-state index contributed by atoms with van der Waals surface area (Å²) in [5.41, 5.74) is 8.80. The van der Waals surface area contributed by atoms with Gasteiger partial charge in [-0.2, -0.15) is 0 Å². The normalized spacial score (nSPS) is 16.7. The number of nitrogens with zero attached hydrogens (tertiary/aromatic N) is 1. The van der Waals surface area contributed by atoms with E-state index < -0.39 is 59.9 Å². The molecule has 1 fully saturated rings. The summed E-state index contributed by atoms with van der Waals surface area (Å²) in [5.74, 6) is -6.06. The summed E-state index contributed by atoms with van der Waals surface area (Å²) in [4.78, 5) is 82.3. The van der Waals surface area contributed by atoms with E-state index in [1.54, 1.807) is 52.0 Å². The Morgan fingerprint density at radius 3 is 2.10 bits per heavy atom. The van der Waals surface area contributed by atoms with Crippen LogP contribution in [0, 0.1) is 0 Å².